The first-order chi connectivity index (χ1) is 11.1. The van der Waals surface area contributed by atoms with Gasteiger partial charge < -0.3 is 10.4 Å². The van der Waals surface area contributed by atoms with Crippen molar-refractivity contribution in [3.8, 4) is 0 Å². The average molecular weight is 313 g/mol. The van der Waals surface area contributed by atoms with Gasteiger partial charge in [-0.2, -0.15) is 0 Å². The number of carboxylic acids is 1. The van der Waals surface area contributed by atoms with Crippen LogP contribution in [0, 0.1) is 0 Å². The third-order valence-electron chi connectivity index (χ3n) is 4.47. The van der Waals surface area contributed by atoms with E-state index in [0.29, 0.717) is 29.3 Å². The highest BCUT2D eigenvalue weighted by Gasteiger charge is 2.36. The zero-order chi connectivity index (χ0) is 16.3. The van der Waals surface area contributed by atoms with Gasteiger partial charge in [-0.15, -0.1) is 0 Å². The number of rotatable bonds is 4. The number of pyridine rings is 2. The molecule has 2 aromatic heterocycles. The summed E-state index contributed by atoms with van der Waals surface area (Å²) in [6, 6.07) is 3.40. The van der Waals surface area contributed by atoms with Crippen LogP contribution in [0.5, 0.6) is 0 Å². The number of nitrogens with one attached hydrogen (secondary N) is 1. The van der Waals surface area contributed by atoms with Crippen LogP contribution in [0.15, 0.2) is 30.7 Å². The summed E-state index contributed by atoms with van der Waals surface area (Å²) in [6.45, 7) is 0. The first-order valence-electron chi connectivity index (χ1n) is 7.83. The zero-order valence-corrected chi connectivity index (χ0v) is 12.8. The lowest BCUT2D eigenvalue weighted by molar-refractivity contribution is -0.139. The molecule has 3 rings (SSSR count). The molecule has 0 bridgehead atoms. The second kappa shape index (κ2) is 6.32. The van der Waals surface area contributed by atoms with E-state index >= 15 is 0 Å². The molecule has 2 heterocycles. The van der Waals surface area contributed by atoms with Gasteiger partial charge in [0, 0.05) is 24.0 Å². The predicted octanol–water partition coefficient (Wildman–Crippen LogP) is 2.54. The number of carboxylic acid groups (broad SMARTS) is 1. The molecule has 0 aromatic carbocycles. The van der Waals surface area contributed by atoms with Crippen LogP contribution in [0.4, 0.5) is 0 Å². The van der Waals surface area contributed by atoms with Crippen molar-refractivity contribution in [2.75, 3.05) is 0 Å². The Balaban J connectivity index is 1.90. The molecule has 0 saturated heterocycles. The molecule has 1 fully saturated rings. The topological polar surface area (TPSA) is 92.2 Å². The Bertz CT molecular complexity index is 733. The maximum absolute atomic E-state index is 12.8. The Morgan fingerprint density at radius 3 is 2.70 bits per heavy atom. The van der Waals surface area contributed by atoms with Crippen molar-refractivity contribution in [1.82, 2.24) is 15.3 Å². The van der Waals surface area contributed by atoms with Gasteiger partial charge in [-0.25, -0.2) is 0 Å². The summed E-state index contributed by atoms with van der Waals surface area (Å²) in [6.07, 6.45) is 9.14. The maximum atomic E-state index is 12.8. The van der Waals surface area contributed by atoms with Crippen LogP contribution in [0.3, 0.4) is 0 Å². The highest BCUT2D eigenvalue weighted by molar-refractivity contribution is 6.06. The number of aromatic nitrogens is 2. The summed E-state index contributed by atoms with van der Waals surface area (Å²) in [4.78, 5) is 32.3. The van der Waals surface area contributed by atoms with Gasteiger partial charge in [0.2, 0.25) is 0 Å². The summed E-state index contributed by atoms with van der Waals surface area (Å²) in [5.41, 5.74) is 0.529. The summed E-state index contributed by atoms with van der Waals surface area (Å²) < 4.78 is 0. The van der Waals surface area contributed by atoms with Gasteiger partial charge in [0.25, 0.3) is 5.91 Å². The van der Waals surface area contributed by atoms with E-state index in [1.54, 1.807) is 30.7 Å². The molecule has 0 atom stereocenters. The lowest BCUT2D eigenvalue weighted by atomic mass is 9.79. The molecule has 0 radical (unpaired) electrons. The minimum atomic E-state index is -0.881. The molecule has 120 valence electrons. The van der Waals surface area contributed by atoms with Crippen molar-refractivity contribution in [3.63, 3.8) is 0 Å². The molecule has 1 saturated carbocycles. The number of carbonyl (C=O) groups excluding carboxylic acids is 1. The van der Waals surface area contributed by atoms with Gasteiger partial charge in [0.05, 0.1) is 23.0 Å². The minimum Gasteiger partial charge on any atom is -0.481 e. The number of carbonyl (C=O) groups is 2. The fourth-order valence-corrected chi connectivity index (χ4v) is 3.36. The number of nitrogens with zero attached hydrogens (tertiary/aromatic N) is 2. The molecule has 6 nitrogen and oxygen atoms in total. The molecular weight excluding hydrogens is 294 g/mol. The normalized spacial score (nSPS) is 16.9. The third-order valence-corrected chi connectivity index (χ3v) is 4.47. The molecule has 2 N–H and O–H groups in total. The van der Waals surface area contributed by atoms with Crippen LogP contribution in [0.1, 0.15) is 48.9 Å². The average Bonchev–Trinajstić information content (AvgIpc) is 2.54. The van der Waals surface area contributed by atoms with Crippen molar-refractivity contribution < 1.29 is 14.7 Å². The summed E-state index contributed by atoms with van der Waals surface area (Å²) >= 11 is 0. The van der Waals surface area contributed by atoms with E-state index in [4.69, 9.17) is 0 Å². The number of hydrogen-bond donors (Lipinski definition) is 2. The second-order valence-electron chi connectivity index (χ2n) is 6.12. The third kappa shape index (κ3) is 3.31. The Morgan fingerprint density at radius 1 is 1.17 bits per heavy atom. The largest absolute Gasteiger partial charge is 0.481 e. The van der Waals surface area contributed by atoms with E-state index < -0.39 is 11.5 Å². The van der Waals surface area contributed by atoms with Gasteiger partial charge in [-0.3, -0.25) is 19.6 Å². The van der Waals surface area contributed by atoms with Crippen molar-refractivity contribution >= 4 is 22.8 Å². The Labute approximate surface area is 133 Å². The van der Waals surface area contributed by atoms with Crippen molar-refractivity contribution in [1.29, 1.82) is 0 Å². The summed E-state index contributed by atoms with van der Waals surface area (Å²) in [7, 11) is 0. The van der Waals surface area contributed by atoms with E-state index in [2.05, 4.69) is 15.3 Å². The number of aliphatic carboxylic acids is 1. The molecule has 0 unspecified atom stereocenters. The number of fused-ring (bicyclic) bond motifs is 1. The van der Waals surface area contributed by atoms with Gasteiger partial charge >= 0.3 is 5.97 Å². The van der Waals surface area contributed by atoms with Gasteiger partial charge in [-0.1, -0.05) is 19.3 Å². The van der Waals surface area contributed by atoms with Crippen LogP contribution in [-0.4, -0.2) is 32.5 Å². The fourth-order valence-electron chi connectivity index (χ4n) is 3.36. The minimum absolute atomic E-state index is 0.0417. The van der Waals surface area contributed by atoms with Gasteiger partial charge in [0.15, 0.2) is 0 Å². The van der Waals surface area contributed by atoms with E-state index in [1.807, 2.05) is 0 Å². The highest BCUT2D eigenvalue weighted by Crippen LogP contribution is 2.31. The molecule has 2 aromatic rings. The first-order valence-corrected chi connectivity index (χ1v) is 7.83. The smallest absolute Gasteiger partial charge is 0.305 e. The molecule has 1 amide bonds. The monoisotopic (exact) mass is 313 g/mol. The Hall–Kier alpha value is -2.50. The predicted molar refractivity (Wildman–Crippen MR) is 85.1 cm³/mol. The number of amides is 1. The van der Waals surface area contributed by atoms with Crippen LogP contribution in [0.2, 0.25) is 0 Å². The number of hydrogen-bond acceptors (Lipinski definition) is 4. The Kier molecular flexibility index (Phi) is 4.23. The van der Waals surface area contributed by atoms with Crippen LogP contribution in [0.25, 0.3) is 10.9 Å². The maximum Gasteiger partial charge on any atom is 0.305 e. The summed E-state index contributed by atoms with van der Waals surface area (Å²) in [5.74, 6) is -1.14. The standard InChI is InChI=1S/C17H19N3O3/c21-15(22)10-17(6-2-1-3-7-17)20-16(23)12-4-9-19-14-5-8-18-11-13(12)14/h4-5,8-9,11H,1-3,6-7,10H2,(H,20,23)(H,21,22). The molecule has 0 spiro atoms. The van der Waals surface area contributed by atoms with Gasteiger partial charge in [-0.05, 0) is 25.0 Å². The van der Waals surface area contributed by atoms with E-state index in [9.17, 15) is 14.7 Å². The fraction of sp³-hybridized carbons (Fsp3) is 0.412. The molecule has 1 aliphatic rings. The second-order valence-corrected chi connectivity index (χ2v) is 6.12. The van der Waals surface area contributed by atoms with Crippen LogP contribution in [-0.2, 0) is 4.79 Å². The van der Waals surface area contributed by atoms with E-state index in [0.717, 1.165) is 19.3 Å². The molecule has 1 aliphatic carbocycles. The lowest BCUT2D eigenvalue weighted by Crippen LogP contribution is -2.51. The molecule has 23 heavy (non-hydrogen) atoms. The zero-order valence-electron chi connectivity index (χ0n) is 12.8. The van der Waals surface area contributed by atoms with Crippen molar-refractivity contribution in [3.05, 3.63) is 36.3 Å². The van der Waals surface area contributed by atoms with E-state index in [-0.39, 0.29) is 12.3 Å². The molecular formula is C17H19N3O3. The summed E-state index contributed by atoms with van der Waals surface area (Å²) in [5, 5.41) is 12.9. The van der Waals surface area contributed by atoms with Crippen LogP contribution >= 0.6 is 0 Å². The van der Waals surface area contributed by atoms with Crippen molar-refractivity contribution in [2.24, 2.45) is 0 Å². The molecule has 0 aliphatic heterocycles. The van der Waals surface area contributed by atoms with Crippen LogP contribution < -0.4 is 5.32 Å². The SMILES string of the molecule is O=C(O)CC1(NC(=O)c2ccnc3ccncc23)CCCCC1. The lowest BCUT2D eigenvalue weighted by Gasteiger charge is -2.37. The quantitative estimate of drug-likeness (QED) is 0.905. The highest BCUT2D eigenvalue weighted by atomic mass is 16.4. The molecule has 6 heteroatoms. The van der Waals surface area contributed by atoms with Gasteiger partial charge in [0.1, 0.15) is 0 Å². The van der Waals surface area contributed by atoms with E-state index in [1.165, 1.54) is 0 Å². The van der Waals surface area contributed by atoms with Crippen molar-refractivity contribution in [2.45, 2.75) is 44.1 Å². The Morgan fingerprint density at radius 2 is 1.96 bits per heavy atom. The first kappa shape index (κ1) is 15.4.